The zero-order valence-electron chi connectivity index (χ0n) is 27.9. The Morgan fingerprint density at radius 1 is 1.11 bits per heavy atom. The fourth-order valence-electron chi connectivity index (χ4n) is 5.80. The average molecular weight is 657 g/mol. The summed E-state index contributed by atoms with van der Waals surface area (Å²) in [5.41, 5.74) is -0.526. The first-order valence-electron chi connectivity index (χ1n) is 16.1. The highest BCUT2D eigenvalue weighted by atomic mass is 32.1. The lowest BCUT2D eigenvalue weighted by molar-refractivity contribution is -0.142. The normalized spacial score (nSPS) is 21.5. The van der Waals surface area contributed by atoms with Crippen LogP contribution >= 0.6 is 11.3 Å². The number of carbonyl (C=O) groups excluding carboxylic acids is 5. The molecule has 2 aliphatic heterocycles. The van der Waals surface area contributed by atoms with Crippen LogP contribution < -0.4 is 21.3 Å². The third kappa shape index (κ3) is 8.81. The molecule has 1 aromatic carbocycles. The van der Waals surface area contributed by atoms with E-state index in [0.717, 1.165) is 11.1 Å². The molecular weight excluding hydrogens is 608 g/mol. The highest BCUT2D eigenvalue weighted by molar-refractivity contribution is 7.20. The summed E-state index contributed by atoms with van der Waals surface area (Å²) in [6.07, 6.45) is 1.26. The molecule has 1 aromatic heterocycles. The Morgan fingerprint density at radius 3 is 2.43 bits per heavy atom. The molecule has 0 aliphatic carbocycles. The molecule has 5 amide bonds. The molecule has 0 spiro atoms. The summed E-state index contributed by atoms with van der Waals surface area (Å²) in [7, 11) is 0. The fraction of sp³-hybridized carbons (Fsp3) is 0.636. The number of benzene rings is 1. The minimum absolute atomic E-state index is 0.113. The average Bonchev–Trinajstić information content (AvgIpc) is 3.70. The summed E-state index contributed by atoms with van der Waals surface area (Å²) in [6.45, 7) is 14.2. The molecular formula is C33H48N6O6S. The molecule has 2 aliphatic rings. The highest BCUT2D eigenvalue weighted by Gasteiger charge is 2.46. The van der Waals surface area contributed by atoms with E-state index in [1.54, 1.807) is 0 Å². The largest absolute Gasteiger partial charge is 0.376 e. The third-order valence-corrected chi connectivity index (χ3v) is 9.15. The first kappa shape index (κ1) is 35.3. The summed E-state index contributed by atoms with van der Waals surface area (Å²) in [5, 5.41) is 11.6. The van der Waals surface area contributed by atoms with Crippen molar-refractivity contribution >= 4 is 51.1 Å². The number of Topliss-reactive ketones (excluding diaryl/α,β-unsaturated/α-hetero) is 1. The number of para-hydroxylation sites is 1. The second kappa shape index (κ2) is 14.5. The van der Waals surface area contributed by atoms with Crippen molar-refractivity contribution in [2.24, 2.45) is 11.3 Å². The van der Waals surface area contributed by atoms with Crippen molar-refractivity contribution in [2.45, 2.75) is 104 Å². The molecule has 0 saturated carbocycles. The number of ether oxygens (including phenoxy) is 1. The fourth-order valence-corrected chi connectivity index (χ4v) is 6.76. The van der Waals surface area contributed by atoms with Gasteiger partial charge in [-0.25, -0.2) is 9.78 Å². The van der Waals surface area contributed by atoms with Gasteiger partial charge in [0.25, 0.3) is 0 Å². The maximum absolute atomic E-state index is 14.2. The molecule has 3 heterocycles. The molecule has 2 saturated heterocycles. The number of likely N-dealkylation sites (tertiary alicyclic amines) is 1. The van der Waals surface area contributed by atoms with Crippen LogP contribution in [0.25, 0.3) is 10.2 Å². The van der Waals surface area contributed by atoms with Crippen LogP contribution in [0.15, 0.2) is 24.3 Å². The number of carbonyl (C=O) groups is 5. The van der Waals surface area contributed by atoms with Crippen molar-refractivity contribution in [3.63, 3.8) is 0 Å². The van der Waals surface area contributed by atoms with E-state index < -0.39 is 58.9 Å². The number of ketones is 1. The van der Waals surface area contributed by atoms with Crippen LogP contribution in [0.4, 0.5) is 4.79 Å². The standard InChI is InChI=1S/C33H48N6O6S/c1-8-15-45-20-17-23(39(18-20)30(43)26(32(2,3)4)37-31(44)38-33(5,6)7)28(42)35-22(16-19-13-14-34-27(19)41)25(40)29-36-21-11-9-10-12-24(21)46-29/h9-12,19-20,22-23,26H,8,13-18H2,1-7H3,(H,34,41)(H,35,42)(H2,37,38,44)/t19-,20+,22-,23-,26+/m0/s1. The van der Waals surface area contributed by atoms with E-state index >= 15 is 0 Å². The van der Waals surface area contributed by atoms with Crippen LogP contribution in [0, 0.1) is 11.3 Å². The van der Waals surface area contributed by atoms with Gasteiger partial charge in [0, 0.05) is 37.6 Å². The van der Waals surface area contributed by atoms with Crippen molar-refractivity contribution in [3.05, 3.63) is 29.3 Å². The van der Waals surface area contributed by atoms with Crippen LogP contribution in [0.5, 0.6) is 0 Å². The molecule has 12 nitrogen and oxygen atoms in total. The number of nitrogens with zero attached hydrogens (tertiary/aromatic N) is 2. The van der Waals surface area contributed by atoms with Crippen molar-refractivity contribution in [3.8, 4) is 0 Å². The molecule has 0 bridgehead atoms. The Morgan fingerprint density at radius 2 is 1.83 bits per heavy atom. The molecule has 0 unspecified atom stereocenters. The van der Waals surface area contributed by atoms with Gasteiger partial charge in [-0.05, 0) is 57.6 Å². The molecule has 252 valence electrons. The second-order valence-electron chi connectivity index (χ2n) is 14.3. The summed E-state index contributed by atoms with van der Waals surface area (Å²) >= 11 is 1.24. The van der Waals surface area contributed by atoms with Crippen LogP contribution in [-0.4, -0.2) is 88.9 Å². The number of fused-ring (bicyclic) bond motifs is 1. The number of aromatic nitrogens is 1. The quantitative estimate of drug-likeness (QED) is 0.270. The van der Waals surface area contributed by atoms with Gasteiger partial charge in [0.05, 0.1) is 22.4 Å². The molecule has 4 N–H and O–H groups in total. The molecule has 5 atom stereocenters. The Hall–Kier alpha value is -3.58. The Balaban J connectivity index is 1.61. The molecule has 2 aromatic rings. The van der Waals surface area contributed by atoms with E-state index in [1.165, 1.54) is 16.2 Å². The molecule has 46 heavy (non-hydrogen) atoms. The number of rotatable bonds is 11. The van der Waals surface area contributed by atoms with E-state index in [2.05, 4.69) is 26.3 Å². The predicted molar refractivity (Wildman–Crippen MR) is 176 cm³/mol. The summed E-state index contributed by atoms with van der Waals surface area (Å²) in [4.78, 5) is 73.6. The molecule has 0 radical (unpaired) electrons. The van der Waals surface area contributed by atoms with Gasteiger partial charge < -0.3 is 30.9 Å². The van der Waals surface area contributed by atoms with E-state index in [4.69, 9.17) is 4.74 Å². The van der Waals surface area contributed by atoms with Crippen molar-refractivity contribution in [1.29, 1.82) is 0 Å². The maximum Gasteiger partial charge on any atom is 0.315 e. The first-order valence-corrected chi connectivity index (χ1v) is 16.9. The van der Waals surface area contributed by atoms with Crippen molar-refractivity contribution < 1.29 is 28.7 Å². The third-order valence-electron chi connectivity index (χ3n) is 8.10. The molecule has 4 rings (SSSR count). The van der Waals surface area contributed by atoms with E-state index in [0.29, 0.717) is 25.1 Å². The number of hydrogen-bond acceptors (Lipinski definition) is 8. The lowest BCUT2D eigenvalue weighted by Gasteiger charge is -2.36. The van der Waals surface area contributed by atoms with Crippen LogP contribution in [-0.2, 0) is 19.1 Å². The predicted octanol–water partition coefficient (Wildman–Crippen LogP) is 3.40. The van der Waals surface area contributed by atoms with E-state index in [9.17, 15) is 24.0 Å². The monoisotopic (exact) mass is 656 g/mol. The summed E-state index contributed by atoms with van der Waals surface area (Å²) in [6, 6.07) is 3.99. The van der Waals surface area contributed by atoms with Crippen molar-refractivity contribution in [1.82, 2.24) is 31.2 Å². The topological polar surface area (TPSA) is 159 Å². The Labute approximate surface area is 274 Å². The maximum atomic E-state index is 14.2. The Bertz CT molecular complexity index is 1410. The summed E-state index contributed by atoms with van der Waals surface area (Å²) in [5.74, 6) is -1.91. The van der Waals surface area contributed by atoms with Gasteiger partial charge in [-0.15, -0.1) is 11.3 Å². The zero-order chi connectivity index (χ0) is 33.8. The SMILES string of the molecule is CCCO[C@@H]1C[C@@H](C(=O)N[C@@H](C[C@@H]2CCNC2=O)C(=O)c2nc3ccccc3s2)N(C(=O)[C@@H](NC(=O)NC(C)(C)C)C(C)(C)C)C1. The zero-order valence-corrected chi connectivity index (χ0v) is 28.7. The van der Waals surface area contributed by atoms with Gasteiger partial charge in [-0.3, -0.25) is 19.2 Å². The molecule has 13 heteroatoms. The van der Waals surface area contributed by atoms with Gasteiger partial charge in [0.2, 0.25) is 23.5 Å². The highest BCUT2D eigenvalue weighted by Crippen LogP contribution is 2.29. The number of nitrogens with one attached hydrogen (secondary N) is 4. The van der Waals surface area contributed by atoms with Crippen LogP contribution in [0.2, 0.25) is 0 Å². The number of hydrogen-bond donors (Lipinski definition) is 4. The summed E-state index contributed by atoms with van der Waals surface area (Å²) < 4.78 is 6.84. The van der Waals surface area contributed by atoms with Gasteiger partial charge in [0.1, 0.15) is 12.1 Å². The Kier molecular flexibility index (Phi) is 11.1. The number of urea groups is 1. The van der Waals surface area contributed by atoms with Crippen LogP contribution in [0.3, 0.4) is 0 Å². The van der Waals surface area contributed by atoms with Gasteiger partial charge in [-0.2, -0.15) is 0 Å². The molecule has 2 fully saturated rings. The van der Waals surface area contributed by atoms with Gasteiger partial charge in [0.15, 0.2) is 5.01 Å². The van der Waals surface area contributed by atoms with Gasteiger partial charge >= 0.3 is 6.03 Å². The minimum Gasteiger partial charge on any atom is -0.376 e. The smallest absolute Gasteiger partial charge is 0.315 e. The first-order chi connectivity index (χ1) is 21.6. The van der Waals surface area contributed by atoms with E-state index in [-0.39, 0.29) is 36.1 Å². The van der Waals surface area contributed by atoms with Crippen LogP contribution in [0.1, 0.15) is 84.0 Å². The number of thiazole rings is 1. The lowest BCUT2D eigenvalue weighted by atomic mass is 9.85. The minimum atomic E-state index is -1.02. The second-order valence-corrected chi connectivity index (χ2v) is 15.3. The van der Waals surface area contributed by atoms with Gasteiger partial charge in [-0.1, -0.05) is 39.8 Å². The van der Waals surface area contributed by atoms with Crippen molar-refractivity contribution in [2.75, 3.05) is 19.7 Å². The lowest BCUT2D eigenvalue weighted by Crippen LogP contribution is -2.61. The van der Waals surface area contributed by atoms with E-state index in [1.807, 2.05) is 72.7 Å². The number of amides is 5.